The molecule has 1 saturated heterocycles. The van der Waals surface area contributed by atoms with Gasteiger partial charge in [-0.1, -0.05) is 12.2 Å². The van der Waals surface area contributed by atoms with Crippen LogP contribution in [0.1, 0.15) is 12.8 Å². The van der Waals surface area contributed by atoms with Crippen molar-refractivity contribution in [2.75, 3.05) is 5.01 Å². The van der Waals surface area contributed by atoms with Crippen LogP contribution in [0.5, 0.6) is 0 Å². The summed E-state index contributed by atoms with van der Waals surface area (Å²) < 4.78 is 0. The van der Waals surface area contributed by atoms with Crippen LogP contribution in [-0.2, 0) is 9.59 Å². The number of nitrogens with one attached hydrogen (secondary N) is 1. The number of carbonyl (C=O) groups excluding carboxylic acids is 2. The standard InChI is InChI=1S/C17H14N4O6/c22-15-13-9-2-3-10(17(9)5-6-17)14(13)16(23)19(18-15)11-4-1-8(20(24)25)7-12(11)21(26)27/h1-4,7,9-10,13-14H,5-6H2,(H,18,22)/t9-,10+,13+,14+/m0/s1. The van der Waals surface area contributed by atoms with Crippen LogP contribution in [0, 0.1) is 49.3 Å². The number of nitro benzene ring substituents is 2. The van der Waals surface area contributed by atoms with Gasteiger partial charge in [-0.25, -0.2) is 5.01 Å². The van der Waals surface area contributed by atoms with E-state index in [1.54, 1.807) is 0 Å². The summed E-state index contributed by atoms with van der Waals surface area (Å²) in [7, 11) is 0. The quantitative estimate of drug-likeness (QED) is 0.489. The summed E-state index contributed by atoms with van der Waals surface area (Å²) in [6.45, 7) is 0. The molecule has 3 aliphatic carbocycles. The number of rotatable bonds is 3. The highest BCUT2D eigenvalue weighted by atomic mass is 16.6. The molecule has 2 amide bonds. The van der Waals surface area contributed by atoms with E-state index in [-0.39, 0.29) is 28.8 Å². The van der Waals surface area contributed by atoms with E-state index in [0.29, 0.717) is 0 Å². The van der Waals surface area contributed by atoms with Gasteiger partial charge >= 0.3 is 5.69 Å². The Bertz CT molecular complexity index is 968. The molecule has 2 bridgehead atoms. The van der Waals surface area contributed by atoms with Gasteiger partial charge in [0, 0.05) is 6.07 Å². The first kappa shape index (κ1) is 15.9. The van der Waals surface area contributed by atoms with Crippen molar-refractivity contribution in [1.29, 1.82) is 0 Å². The summed E-state index contributed by atoms with van der Waals surface area (Å²) in [6, 6.07) is 3.01. The number of fused-ring (bicyclic) bond motifs is 3. The summed E-state index contributed by atoms with van der Waals surface area (Å²) in [5, 5.41) is 23.2. The number of nitro groups is 2. The number of hydrazine groups is 1. The van der Waals surface area contributed by atoms with E-state index in [4.69, 9.17) is 0 Å². The van der Waals surface area contributed by atoms with Gasteiger partial charge in [0.15, 0.2) is 0 Å². The molecule has 4 aliphatic rings. The topological polar surface area (TPSA) is 136 Å². The Balaban J connectivity index is 1.57. The van der Waals surface area contributed by atoms with E-state index in [2.05, 4.69) is 5.43 Å². The van der Waals surface area contributed by atoms with Gasteiger partial charge in [0.05, 0.1) is 27.7 Å². The molecule has 0 radical (unpaired) electrons. The Morgan fingerprint density at radius 3 is 2.30 bits per heavy atom. The molecule has 1 N–H and O–H groups in total. The largest absolute Gasteiger partial charge is 0.301 e. The molecule has 1 aromatic carbocycles. The molecule has 1 heterocycles. The van der Waals surface area contributed by atoms with Crippen LogP contribution in [0.4, 0.5) is 17.1 Å². The van der Waals surface area contributed by atoms with Crippen LogP contribution in [0.2, 0.25) is 0 Å². The number of allylic oxidation sites excluding steroid dienone is 2. The van der Waals surface area contributed by atoms with Crippen LogP contribution in [0.3, 0.4) is 0 Å². The van der Waals surface area contributed by atoms with Crippen molar-refractivity contribution >= 4 is 28.9 Å². The molecule has 1 aliphatic heterocycles. The third kappa shape index (κ3) is 1.89. The lowest BCUT2D eigenvalue weighted by atomic mass is 9.80. The lowest BCUT2D eigenvalue weighted by Crippen LogP contribution is -2.60. The van der Waals surface area contributed by atoms with Crippen molar-refractivity contribution in [2.24, 2.45) is 29.1 Å². The zero-order valence-electron chi connectivity index (χ0n) is 13.9. The number of hydrogen-bond acceptors (Lipinski definition) is 6. The smallest absolute Gasteiger partial charge is 0.273 e. The molecule has 10 nitrogen and oxygen atoms in total. The lowest BCUT2D eigenvalue weighted by molar-refractivity contribution is -0.393. The first-order chi connectivity index (χ1) is 12.8. The summed E-state index contributed by atoms with van der Waals surface area (Å²) in [5.41, 5.74) is 1.24. The average Bonchev–Trinajstić information content (AvgIpc) is 3.30. The van der Waals surface area contributed by atoms with Gasteiger partial charge in [0.1, 0.15) is 5.69 Å². The normalized spacial score (nSPS) is 31.8. The Morgan fingerprint density at radius 2 is 1.70 bits per heavy atom. The van der Waals surface area contributed by atoms with Crippen molar-refractivity contribution in [3.8, 4) is 0 Å². The van der Waals surface area contributed by atoms with Gasteiger partial charge in [-0.05, 0) is 36.2 Å². The zero-order valence-corrected chi connectivity index (χ0v) is 13.9. The van der Waals surface area contributed by atoms with Crippen molar-refractivity contribution < 1.29 is 19.4 Å². The van der Waals surface area contributed by atoms with Crippen LogP contribution < -0.4 is 10.4 Å². The molecule has 5 rings (SSSR count). The SMILES string of the molecule is O=C1NN(c2ccc([N+](=O)[O-])cc2[N+](=O)[O-])C(=O)[C@H]2[C@H]1[C@@H]1C=C[C@H]2C12CC2. The number of amides is 2. The molecule has 1 spiro atoms. The van der Waals surface area contributed by atoms with Crippen LogP contribution in [0.25, 0.3) is 0 Å². The minimum absolute atomic E-state index is 0.0141. The van der Waals surface area contributed by atoms with Gasteiger partial charge < -0.3 is 0 Å². The van der Waals surface area contributed by atoms with Crippen LogP contribution in [-0.4, -0.2) is 21.7 Å². The van der Waals surface area contributed by atoms with E-state index in [0.717, 1.165) is 36.0 Å². The number of non-ortho nitro benzene ring substituents is 1. The predicted molar refractivity (Wildman–Crippen MR) is 90.1 cm³/mol. The lowest BCUT2D eigenvalue weighted by Gasteiger charge is -2.37. The second-order valence-corrected chi connectivity index (χ2v) is 7.56. The number of carbonyl (C=O) groups is 2. The van der Waals surface area contributed by atoms with E-state index >= 15 is 0 Å². The maximum absolute atomic E-state index is 13.2. The minimum atomic E-state index is -0.795. The van der Waals surface area contributed by atoms with Crippen molar-refractivity contribution in [3.05, 3.63) is 50.6 Å². The molecular formula is C17H14N4O6. The minimum Gasteiger partial charge on any atom is -0.273 e. The number of hydrogen-bond donors (Lipinski definition) is 1. The molecule has 4 atom stereocenters. The summed E-state index contributed by atoms with van der Waals surface area (Å²) in [5.74, 6) is -1.75. The maximum atomic E-state index is 13.2. The molecule has 138 valence electrons. The predicted octanol–water partition coefficient (Wildman–Crippen LogP) is 1.71. The van der Waals surface area contributed by atoms with Gasteiger partial charge in [-0.3, -0.25) is 35.2 Å². The van der Waals surface area contributed by atoms with Crippen molar-refractivity contribution in [1.82, 2.24) is 5.43 Å². The number of nitrogens with zero attached hydrogens (tertiary/aromatic N) is 3. The molecular weight excluding hydrogens is 356 g/mol. The van der Waals surface area contributed by atoms with Gasteiger partial charge in [0.25, 0.3) is 11.6 Å². The Hall–Kier alpha value is -3.30. The molecule has 2 saturated carbocycles. The zero-order chi connectivity index (χ0) is 19.1. The first-order valence-corrected chi connectivity index (χ1v) is 8.61. The second kappa shape index (κ2) is 4.90. The average molecular weight is 370 g/mol. The highest BCUT2D eigenvalue weighted by Crippen LogP contribution is 2.72. The number of benzene rings is 1. The Labute approximate surface area is 152 Å². The number of anilines is 1. The monoisotopic (exact) mass is 370 g/mol. The van der Waals surface area contributed by atoms with Gasteiger partial charge in [-0.2, -0.15) is 0 Å². The second-order valence-electron chi connectivity index (χ2n) is 7.56. The first-order valence-electron chi connectivity index (χ1n) is 8.61. The Kier molecular flexibility index (Phi) is 2.89. The van der Waals surface area contributed by atoms with E-state index < -0.39 is 39.0 Å². The van der Waals surface area contributed by atoms with E-state index in [9.17, 15) is 29.8 Å². The summed E-state index contributed by atoms with van der Waals surface area (Å²) >= 11 is 0. The fraction of sp³-hybridized carbons (Fsp3) is 0.412. The molecule has 1 aromatic rings. The molecule has 0 unspecified atom stereocenters. The summed E-state index contributed by atoms with van der Waals surface area (Å²) in [6.07, 6.45) is 5.97. The fourth-order valence-corrected chi connectivity index (χ4v) is 5.22. The third-order valence-corrected chi connectivity index (χ3v) is 6.48. The molecule has 27 heavy (non-hydrogen) atoms. The third-order valence-electron chi connectivity index (χ3n) is 6.48. The van der Waals surface area contributed by atoms with Crippen LogP contribution in [0.15, 0.2) is 30.4 Å². The Morgan fingerprint density at radius 1 is 1.04 bits per heavy atom. The van der Waals surface area contributed by atoms with Crippen molar-refractivity contribution in [2.45, 2.75) is 12.8 Å². The molecule has 10 heteroatoms. The van der Waals surface area contributed by atoms with Gasteiger partial charge in [-0.15, -0.1) is 0 Å². The molecule has 3 fully saturated rings. The highest BCUT2D eigenvalue weighted by Gasteiger charge is 2.71. The van der Waals surface area contributed by atoms with Crippen molar-refractivity contribution in [3.63, 3.8) is 0 Å². The van der Waals surface area contributed by atoms with E-state index in [1.807, 2.05) is 12.2 Å². The summed E-state index contributed by atoms with van der Waals surface area (Å²) in [4.78, 5) is 46.7. The van der Waals surface area contributed by atoms with Crippen LogP contribution >= 0.6 is 0 Å². The highest BCUT2D eigenvalue weighted by molar-refractivity contribution is 6.06. The van der Waals surface area contributed by atoms with E-state index in [1.165, 1.54) is 0 Å². The fourth-order valence-electron chi connectivity index (χ4n) is 5.22. The molecule has 0 aromatic heterocycles. The van der Waals surface area contributed by atoms with Gasteiger partial charge in [0.2, 0.25) is 5.91 Å². The maximum Gasteiger partial charge on any atom is 0.301 e.